The second-order valence-corrected chi connectivity index (χ2v) is 11.9. The van der Waals surface area contributed by atoms with Gasteiger partial charge in [-0.2, -0.15) is 4.31 Å². The number of hydrogen-bond donors (Lipinski definition) is 3. The predicted octanol–water partition coefficient (Wildman–Crippen LogP) is 2.96. The lowest BCUT2D eigenvalue weighted by Gasteiger charge is -2.33. The van der Waals surface area contributed by atoms with Crippen LogP contribution in [0.3, 0.4) is 0 Å². The van der Waals surface area contributed by atoms with Gasteiger partial charge in [0.15, 0.2) is 0 Å². The number of aliphatic hydroxyl groups is 1. The Hall–Kier alpha value is -2.46. The van der Waals surface area contributed by atoms with Crippen LogP contribution in [0, 0.1) is 5.92 Å². The molecule has 1 heterocycles. The predicted molar refractivity (Wildman–Crippen MR) is 141 cm³/mol. The number of nitrogen functional groups attached to an aromatic ring is 1. The second kappa shape index (κ2) is 12.2. The lowest BCUT2D eigenvalue weighted by molar-refractivity contribution is -0.143. The molecule has 0 bridgehead atoms. The number of aliphatic hydroxyl groups excluding tert-OH is 1. The number of anilines is 1. The number of rotatable bonds is 12. The van der Waals surface area contributed by atoms with E-state index < -0.39 is 27.8 Å². The van der Waals surface area contributed by atoms with Crippen LogP contribution in [0.15, 0.2) is 59.5 Å². The van der Waals surface area contributed by atoms with Crippen molar-refractivity contribution in [3.8, 4) is 0 Å². The van der Waals surface area contributed by atoms with Crippen molar-refractivity contribution in [2.45, 2.75) is 69.1 Å². The molecule has 0 aliphatic carbocycles. The van der Waals surface area contributed by atoms with Gasteiger partial charge in [-0.15, -0.1) is 0 Å². The molecule has 0 radical (unpaired) electrons. The van der Waals surface area contributed by atoms with Crippen molar-refractivity contribution >= 4 is 21.6 Å². The first-order valence-corrected chi connectivity index (χ1v) is 14.0. The first-order valence-electron chi connectivity index (χ1n) is 12.6. The van der Waals surface area contributed by atoms with Crippen LogP contribution >= 0.6 is 0 Å². The molecule has 4 N–H and O–H groups in total. The van der Waals surface area contributed by atoms with Crippen LogP contribution in [0.2, 0.25) is 0 Å². The van der Waals surface area contributed by atoms with E-state index in [-0.39, 0.29) is 29.8 Å². The lowest BCUT2D eigenvalue weighted by Crippen LogP contribution is -2.56. The number of nitrogens with zero attached hydrogens (tertiary/aromatic N) is 1. The summed E-state index contributed by atoms with van der Waals surface area (Å²) in [7, 11) is -3.89. The molecule has 0 saturated carbocycles. The standard InChI is InChI=1S/C27H39N3O5S/c1-4-27(15-8-16-35-27)26(32)29-24(17-21-9-6-5-7-10-21)25(31)19-30(18-20(2)3)36(33,34)23-13-11-22(28)12-14-23/h5-7,9-14,20,24-25,31H,4,8,15-19,28H2,1-3H3,(H,29,32)/t24-,25-,27?/m0/s1. The lowest BCUT2D eigenvalue weighted by atomic mass is 9.94. The van der Waals surface area contributed by atoms with Gasteiger partial charge in [0.1, 0.15) is 5.60 Å². The molecule has 2 aromatic rings. The molecule has 1 unspecified atom stereocenters. The van der Waals surface area contributed by atoms with E-state index in [1.807, 2.05) is 51.1 Å². The molecule has 3 atom stereocenters. The highest BCUT2D eigenvalue weighted by Crippen LogP contribution is 2.30. The van der Waals surface area contributed by atoms with Crippen LogP contribution in [-0.2, 0) is 26.0 Å². The highest BCUT2D eigenvalue weighted by Gasteiger charge is 2.42. The molecular formula is C27H39N3O5S. The van der Waals surface area contributed by atoms with Crippen molar-refractivity contribution in [3.63, 3.8) is 0 Å². The largest absolute Gasteiger partial charge is 0.399 e. The van der Waals surface area contributed by atoms with Gasteiger partial charge in [0.25, 0.3) is 5.91 Å². The number of sulfonamides is 1. The van der Waals surface area contributed by atoms with Gasteiger partial charge >= 0.3 is 0 Å². The summed E-state index contributed by atoms with van der Waals surface area (Å²) in [6.07, 6.45) is 1.15. The van der Waals surface area contributed by atoms with Crippen molar-refractivity contribution in [3.05, 3.63) is 60.2 Å². The first kappa shape index (κ1) is 28.1. The van der Waals surface area contributed by atoms with Crippen LogP contribution in [0.4, 0.5) is 5.69 Å². The Balaban J connectivity index is 1.87. The zero-order valence-electron chi connectivity index (χ0n) is 21.4. The quantitative estimate of drug-likeness (QED) is 0.372. The number of carbonyl (C=O) groups excluding carboxylic acids is 1. The molecular weight excluding hydrogens is 478 g/mol. The topological polar surface area (TPSA) is 122 Å². The van der Waals surface area contributed by atoms with E-state index in [1.54, 1.807) is 12.1 Å². The van der Waals surface area contributed by atoms with Gasteiger partial charge in [0.05, 0.1) is 17.0 Å². The fourth-order valence-electron chi connectivity index (χ4n) is 4.57. The molecule has 1 fully saturated rings. The molecule has 36 heavy (non-hydrogen) atoms. The maximum absolute atomic E-state index is 13.5. The van der Waals surface area contributed by atoms with E-state index in [2.05, 4.69) is 5.32 Å². The molecule has 0 aromatic heterocycles. The van der Waals surface area contributed by atoms with E-state index in [0.717, 1.165) is 12.0 Å². The van der Waals surface area contributed by atoms with Crippen LogP contribution in [-0.4, -0.2) is 61.2 Å². The van der Waals surface area contributed by atoms with E-state index in [4.69, 9.17) is 10.5 Å². The smallest absolute Gasteiger partial charge is 0.252 e. The summed E-state index contributed by atoms with van der Waals surface area (Å²) in [6, 6.07) is 14.8. The van der Waals surface area contributed by atoms with Gasteiger partial charge in [-0.3, -0.25) is 4.79 Å². The average molecular weight is 518 g/mol. The van der Waals surface area contributed by atoms with Crippen molar-refractivity contribution in [2.24, 2.45) is 5.92 Å². The summed E-state index contributed by atoms with van der Waals surface area (Å²) in [6.45, 7) is 6.33. The van der Waals surface area contributed by atoms with Gasteiger partial charge in [-0.1, -0.05) is 51.1 Å². The molecule has 8 nitrogen and oxygen atoms in total. The Labute approximate surface area is 214 Å². The minimum atomic E-state index is -3.89. The zero-order chi connectivity index (χ0) is 26.3. The minimum Gasteiger partial charge on any atom is -0.399 e. The van der Waals surface area contributed by atoms with Crippen molar-refractivity contribution in [2.75, 3.05) is 25.4 Å². The third kappa shape index (κ3) is 6.85. The molecule has 3 rings (SSSR count). The fraction of sp³-hybridized carbons (Fsp3) is 0.519. The number of amides is 1. The maximum Gasteiger partial charge on any atom is 0.252 e. The van der Waals surface area contributed by atoms with E-state index >= 15 is 0 Å². The molecule has 198 valence electrons. The number of nitrogens with two attached hydrogens (primary N) is 1. The van der Waals surface area contributed by atoms with E-state index in [0.29, 0.717) is 31.6 Å². The third-order valence-corrected chi connectivity index (χ3v) is 8.49. The summed E-state index contributed by atoms with van der Waals surface area (Å²) < 4.78 is 34.1. The normalized spacial score (nSPS) is 19.9. The summed E-state index contributed by atoms with van der Waals surface area (Å²) in [5, 5.41) is 14.4. The summed E-state index contributed by atoms with van der Waals surface area (Å²) >= 11 is 0. The van der Waals surface area contributed by atoms with Crippen LogP contribution in [0.1, 0.15) is 45.6 Å². The summed E-state index contributed by atoms with van der Waals surface area (Å²) in [4.78, 5) is 13.4. The Bertz CT molecular complexity index is 1080. The monoisotopic (exact) mass is 517 g/mol. The van der Waals surface area contributed by atoms with Gasteiger partial charge < -0.3 is 20.9 Å². The van der Waals surface area contributed by atoms with Gasteiger partial charge in [-0.25, -0.2) is 8.42 Å². The summed E-state index contributed by atoms with van der Waals surface area (Å²) in [5.74, 6) is -0.238. The van der Waals surface area contributed by atoms with Crippen LogP contribution < -0.4 is 11.1 Å². The first-order chi connectivity index (χ1) is 17.1. The molecule has 2 aromatic carbocycles. The Morgan fingerprint density at radius 2 is 1.81 bits per heavy atom. The molecule has 0 spiro atoms. The molecule has 1 amide bonds. The number of benzene rings is 2. The average Bonchev–Trinajstić information content (AvgIpc) is 3.34. The SMILES string of the molecule is CCC1(C(=O)N[C@@H](Cc2ccccc2)[C@@H](O)CN(CC(C)C)S(=O)(=O)c2ccc(N)cc2)CCCO1. The number of ether oxygens (including phenoxy) is 1. The van der Waals surface area contributed by atoms with E-state index in [9.17, 15) is 18.3 Å². The minimum absolute atomic E-state index is 0.0261. The maximum atomic E-state index is 13.5. The molecule has 9 heteroatoms. The number of carbonyl (C=O) groups is 1. The molecule has 1 saturated heterocycles. The van der Waals surface area contributed by atoms with Crippen molar-refractivity contribution in [1.29, 1.82) is 0 Å². The number of hydrogen-bond acceptors (Lipinski definition) is 6. The van der Waals surface area contributed by atoms with Crippen LogP contribution in [0.25, 0.3) is 0 Å². The Morgan fingerprint density at radius 3 is 2.36 bits per heavy atom. The van der Waals surface area contributed by atoms with Crippen molar-refractivity contribution < 1.29 is 23.1 Å². The second-order valence-electron chi connectivity index (χ2n) is 9.92. The highest BCUT2D eigenvalue weighted by atomic mass is 32.2. The van der Waals surface area contributed by atoms with Gasteiger partial charge in [0, 0.05) is 25.4 Å². The molecule has 1 aliphatic heterocycles. The van der Waals surface area contributed by atoms with Gasteiger partial charge in [0.2, 0.25) is 10.0 Å². The third-order valence-electron chi connectivity index (χ3n) is 6.64. The molecule has 1 aliphatic rings. The Morgan fingerprint density at radius 1 is 1.14 bits per heavy atom. The van der Waals surface area contributed by atoms with Crippen molar-refractivity contribution in [1.82, 2.24) is 9.62 Å². The fourth-order valence-corrected chi connectivity index (χ4v) is 6.19. The Kier molecular flexibility index (Phi) is 9.52. The summed E-state index contributed by atoms with van der Waals surface area (Å²) in [5.41, 5.74) is 6.22. The van der Waals surface area contributed by atoms with E-state index in [1.165, 1.54) is 16.4 Å². The van der Waals surface area contributed by atoms with Crippen LogP contribution in [0.5, 0.6) is 0 Å². The zero-order valence-corrected chi connectivity index (χ0v) is 22.2. The van der Waals surface area contributed by atoms with Gasteiger partial charge in [-0.05, 0) is 61.4 Å². The highest BCUT2D eigenvalue weighted by molar-refractivity contribution is 7.89. The number of nitrogens with one attached hydrogen (secondary N) is 1.